The third-order valence-electron chi connectivity index (χ3n) is 3.97. The standard InChI is InChI=1S/C21H22N4O5/c1-13-9-14(2)24-21(23-13)25-22-11-15-5-7-17(19(10-15)27-3)29-12-16-6-8-18(30-16)20(26)28-4/h5-11H,12H2,1-4H3,(H,23,24,25)/b22-11+. The number of methoxy groups -OCH3 is 2. The lowest BCUT2D eigenvalue weighted by atomic mass is 10.2. The van der Waals surface area contributed by atoms with Gasteiger partial charge in [-0.05, 0) is 55.8 Å². The molecule has 0 aliphatic rings. The Hall–Kier alpha value is -3.88. The summed E-state index contributed by atoms with van der Waals surface area (Å²) in [4.78, 5) is 20.0. The second kappa shape index (κ2) is 9.55. The average molecular weight is 410 g/mol. The fraction of sp³-hybridized carbons (Fsp3) is 0.238. The van der Waals surface area contributed by atoms with Gasteiger partial charge in [-0.25, -0.2) is 20.2 Å². The van der Waals surface area contributed by atoms with Crippen LogP contribution in [-0.4, -0.2) is 36.4 Å². The van der Waals surface area contributed by atoms with Crippen LogP contribution in [0.15, 0.2) is 45.9 Å². The van der Waals surface area contributed by atoms with Gasteiger partial charge in [0.1, 0.15) is 12.4 Å². The molecule has 0 aliphatic carbocycles. The van der Waals surface area contributed by atoms with E-state index in [0.29, 0.717) is 23.2 Å². The van der Waals surface area contributed by atoms with Crippen molar-refractivity contribution in [3.05, 3.63) is 64.9 Å². The number of carbonyl (C=O) groups is 1. The van der Waals surface area contributed by atoms with Crippen molar-refractivity contribution in [2.45, 2.75) is 20.5 Å². The van der Waals surface area contributed by atoms with E-state index < -0.39 is 5.97 Å². The maximum Gasteiger partial charge on any atom is 0.373 e. The molecular weight excluding hydrogens is 388 g/mol. The zero-order valence-electron chi connectivity index (χ0n) is 17.1. The summed E-state index contributed by atoms with van der Waals surface area (Å²) in [5.74, 6) is 1.55. The summed E-state index contributed by atoms with van der Waals surface area (Å²) >= 11 is 0. The zero-order valence-corrected chi connectivity index (χ0v) is 17.1. The van der Waals surface area contributed by atoms with Crippen molar-refractivity contribution in [1.29, 1.82) is 0 Å². The van der Waals surface area contributed by atoms with Crippen LogP contribution in [0.25, 0.3) is 0 Å². The van der Waals surface area contributed by atoms with Crippen molar-refractivity contribution < 1.29 is 23.4 Å². The predicted molar refractivity (Wildman–Crippen MR) is 110 cm³/mol. The monoisotopic (exact) mass is 410 g/mol. The molecule has 0 atom stereocenters. The van der Waals surface area contributed by atoms with Crippen molar-refractivity contribution in [3.8, 4) is 11.5 Å². The molecule has 0 saturated heterocycles. The summed E-state index contributed by atoms with van der Waals surface area (Å²) in [7, 11) is 2.84. The number of nitrogens with one attached hydrogen (secondary N) is 1. The summed E-state index contributed by atoms with van der Waals surface area (Å²) in [5, 5.41) is 4.16. The molecule has 1 aromatic carbocycles. The van der Waals surface area contributed by atoms with Gasteiger partial charge in [0.15, 0.2) is 11.5 Å². The first-order chi connectivity index (χ1) is 14.5. The highest BCUT2D eigenvalue weighted by Crippen LogP contribution is 2.28. The molecule has 0 bridgehead atoms. The molecule has 30 heavy (non-hydrogen) atoms. The van der Waals surface area contributed by atoms with Gasteiger partial charge in [0.2, 0.25) is 11.7 Å². The van der Waals surface area contributed by atoms with E-state index in [-0.39, 0.29) is 12.4 Å². The van der Waals surface area contributed by atoms with Crippen LogP contribution in [0.2, 0.25) is 0 Å². The van der Waals surface area contributed by atoms with Gasteiger partial charge in [0.25, 0.3) is 0 Å². The van der Waals surface area contributed by atoms with E-state index in [0.717, 1.165) is 17.0 Å². The van der Waals surface area contributed by atoms with Crippen molar-refractivity contribution >= 4 is 18.1 Å². The van der Waals surface area contributed by atoms with Gasteiger partial charge in [-0.15, -0.1) is 0 Å². The van der Waals surface area contributed by atoms with Gasteiger partial charge in [0.05, 0.1) is 20.4 Å². The van der Waals surface area contributed by atoms with Gasteiger partial charge in [-0.2, -0.15) is 5.10 Å². The number of furan rings is 1. The summed E-state index contributed by atoms with van der Waals surface area (Å²) in [6.45, 7) is 3.92. The van der Waals surface area contributed by atoms with Crippen molar-refractivity contribution in [2.24, 2.45) is 5.10 Å². The summed E-state index contributed by atoms with van der Waals surface area (Å²) in [6, 6.07) is 10.4. The minimum absolute atomic E-state index is 0.120. The van der Waals surface area contributed by atoms with Crippen LogP contribution < -0.4 is 14.9 Å². The first kappa shape index (κ1) is 20.8. The Morgan fingerprint density at radius 2 is 1.87 bits per heavy atom. The number of aryl methyl sites for hydroxylation is 2. The van der Waals surface area contributed by atoms with Gasteiger partial charge >= 0.3 is 5.97 Å². The topological polar surface area (TPSA) is 108 Å². The Labute approximate surface area is 173 Å². The van der Waals surface area contributed by atoms with Crippen LogP contribution in [0, 0.1) is 13.8 Å². The molecule has 3 rings (SSSR count). The van der Waals surface area contributed by atoms with Crippen LogP contribution in [0.5, 0.6) is 11.5 Å². The van der Waals surface area contributed by atoms with E-state index in [4.69, 9.17) is 13.9 Å². The number of hydrazone groups is 1. The summed E-state index contributed by atoms with van der Waals surface area (Å²) < 4.78 is 21.1. The minimum atomic E-state index is -0.540. The van der Waals surface area contributed by atoms with Crippen molar-refractivity contribution in [3.63, 3.8) is 0 Å². The highest BCUT2D eigenvalue weighted by molar-refractivity contribution is 5.86. The van der Waals surface area contributed by atoms with Crippen LogP contribution in [0.3, 0.4) is 0 Å². The number of anilines is 1. The molecule has 0 spiro atoms. The van der Waals surface area contributed by atoms with E-state index in [2.05, 4.69) is 25.2 Å². The maximum atomic E-state index is 11.4. The minimum Gasteiger partial charge on any atom is -0.493 e. The fourth-order valence-electron chi connectivity index (χ4n) is 2.64. The van der Waals surface area contributed by atoms with E-state index in [1.807, 2.05) is 26.0 Å². The van der Waals surface area contributed by atoms with Crippen LogP contribution in [0.1, 0.15) is 33.3 Å². The molecule has 0 fully saturated rings. The maximum absolute atomic E-state index is 11.4. The quantitative estimate of drug-likeness (QED) is 0.341. The third kappa shape index (κ3) is 5.34. The van der Waals surface area contributed by atoms with Crippen LogP contribution in [0.4, 0.5) is 5.95 Å². The Bertz CT molecular complexity index is 1040. The summed E-state index contributed by atoms with van der Waals surface area (Å²) in [5.41, 5.74) is 5.33. The van der Waals surface area contributed by atoms with Crippen LogP contribution in [-0.2, 0) is 11.3 Å². The molecule has 0 radical (unpaired) electrons. The number of aromatic nitrogens is 2. The Morgan fingerprint density at radius 1 is 1.10 bits per heavy atom. The fourth-order valence-corrected chi connectivity index (χ4v) is 2.64. The molecule has 156 valence electrons. The molecular formula is C21H22N4O5. The molecule has 0 unspecified atom stereocenters. The van der Waals surface area contributed by atoms with Gasteiger partial charge in [-0.1, -0.05) is 0 Å². The van der Waals surface area contributed by atoms with Crippen LogP contribution >= 0.6 is 0 Å². The third-order valence-corrected chi connectivity index (χ3v) is 3.97. The van der Waals surface area contributed by atoms with Crippen molar-refractivity contribution in [2.75, 3.05) is 19.6 Å². The lowest BCUT2D eigenvalue weighted by molar-refractivity contribution is 0.0561. The lowest BCUT2D eigenvalue weighted by Crippen LogP contribution is -2.00. The lowest BCUT2D eigenvalue weighted by Gasteiger charge is -2.10. The first-order valence-corrected chi connectivity index (χ1v) is 9.07. The summed E-state index contributed by atoms with van der Waals surface area (Å²) in [6.07, 6.45) is 1.63. The number of esters is 1. The molecule has 0 aliphatic heterocycles. The van der Waals surface area contributed by atoms with Crippen molar-refractivity contribution in [1.82, 2.24) is 9.97 Å². The highest BCUT2D eigenvalue weighted by atomic mass is 16.5. The number of ether oxygens (including phenoxy) is 3. The van der Waals surface area contributed by atoms with E-state index in [9.17, 15) is 4.79 Å². The number of hydrogen-bond donors (Lipinski definition) is 1. The molecule has 3 aromatic rings. The normalized spacial score (nSPS) is 10.8. The molecule has 9 heteroatoms. The zero-order chi connectivity index (χ0) is 21.5. The Morgan fingerprint density at radius 3 is 2.57 bits per heavy atom. The SMILES string of the molecule is COC(=O)c1ccc(COc2ccc(/C=N/Nc3nc(C)cc(C)n3)cc2OC)o1. The molecule has 1 N–H and O–H groups in total. The highest BCUT2D eigenvalue weighted by Gasteiger charge is 2.12. The molecule has 2 aromatic heterocycles. The number of rotatable bonds is 8. The van der Waals surface area contributed by atoms with E-state index >= 15 is 0 Å². The molecule has 0 saturated carbocycles. The largest absolute Gasteiger partial charge is 0.493 e. The molecule has 0 amide bonds. The second-order valence-electron chi connectivity index (χ2n) is 6.30. The van der Waals surface area contributed by atoms with Gasteiger partial charge < -0.3 is 18.6 Å². The molecule has 9 nitrogen and oxygen atoms in total. The first-order valence-electron chi connectivity index (χ1n) is 9.07. The Kier molecular flexibility index (Phi) is 6.63. The second-order valence-corrected chi connectivity index (χ2v) is 6.30. The number of nitrogens with zero attached hydrogens (tertiary/aromatic N) is 3. The Balaban J connectivity index is 1.64. The number of carbonyl (C=O) groups excluding carboxylic acids is 1. The average Bonchev–Trinajstić information content (AvgIpc) is 3.20. The molecule has 2 heterocycles. The predicted octanol–water partition coefficient (Wildman–Crippen LogP) is 3.51. The van der Waals surface area contributed by atoms with Gasteiger partial charge in [-0.3, -0.25) is 0 Å². The smallest absolute Gasteiger partial charge is 0.373 e. The van der Waals surface area contributed by atoms with Gasteiger partial charge in [0, 0.05) is 11.4 Å². The number of benzene rings is 1. The van der Waals surface area contributed by atoms with E-state index in [1.165, 1.54) is 13.2 Å². The van der Waals surface area contributed by atoms with E-state index in [1.54, 1.807) is 31.5 Å². The number of hydrogen-bond acceptors (Lipinski definition) is 9.